The van der Waals surface area contributed by atoms with Gasteiger partial charge in [0.15, 0.2) is 0 Å². The van der Waals surface area contributed by atoms with Crippen molar-refractivity contribution in [2.75, 3.05) is 19.7 Å². The summed E-state index contributed by atoms with van der Waals surface area (Å²) in [5.74, 6) is 1.58. The van der Waals surface area contributed by atoms with Crippen molar-refractivity contribution < 1.29 is 4.74 Å². The van der Waals surface area contributed by atoms with E-state index in [1.165, 1.54) is 6.42 Å². The molecular weight excluding hydrogens is 176 g/mol. The van der Waals surface area contributed by atoms with Gasteiger partial charge in [0.25, 0.3) is 0 Å². The molecule has 0 aliphatic carbocycles. The third-order valence-electron chi connectivity index (χ3n) is 2.60. The van der Waals surface area contributed by atoms with Gasteiger partial charge in [-0.2, -0.15) is 0 Å². The lowest BCUT2D eigenvalue weighted by Gasteiger charge is -2.11. The molecule has 14 heavy (non-hydrogen) atoms. The van der Waals surface area contributed by atoms with Crippen LogP contribution < -0.4 is 10.1 Å². The van der Waals surface area contributed by atoms with Crippen LogP contribution in [-0.4, -0.2) is 24.7 Å². The number of aryl methyl sites for hydroxylation is 1. The van der Waals surface area contributed by atoms with Crippen molar-refractivity contribution in [1.82, 2.24) is 10.3 Å². The molecular formula is C11H16N2O. The number of aromatic nitrogens is 1. The molecule has 1 atom stereocenters. The van der Waals surface area contributed by atoms with Crippen LogP contribution in [0.5, 0.6) is 5.75 Å². The fourth-order valence-corrected chi connectivity index (χ4v) is 1.69. The minimum atomic E-state index is 0.662. The van der Waals surface area contributed by atoms with Crippen LogP contribution in [0.4, 0.5) is 0 Å². The maximum absolute atomic E-state index is 5.72. The Bertz CT molecular complexity index is 295. The maximum Gasteiger partial charge on any atom is 0.140 e. The molecule has 0 radical (unpaired) electrons. The first kappa shape index (κ1) is 9.46. The van der Waals surface area contributed by atoms with Crippen LogP contribution in [0, 0.1) is 12.8 Å². The van der Waals surface area contributed by atoms with E-state index in [1.807, 2.05) is 19.1 Å². The van der Waals surface area contributed by atoms with E-state index >= 15 is 0 Å². The average molecular weight is 192 g/mol. The van der Waals surface area contributed by atoms with Crippen LogP contribution >= 0.6 is 0 Å². The van der Waals surface area contributed by atoms with E-state index in [4.69, 9.17) is 4.74 Å². The molecule has 0 saturated carbocycles. The third kappa shape index (κ3) is 2.23. The molecule has 1 aliphatic heterocycles. The Labute approximate surface area is 84.5 Å². The molecule has 1 aromatic rings. The van der Waals surface area contributed by atoms with E-state index in [0.717, 1.165) is 31.1 Å². The van der Waals surface area contributed by atoms with Gasteiger partial charge in [0.2, 0.25) is 0 Å². The molecule has 0 unspecified atom stereocenters. The first-order valence-electron chi connectivity index (χ1n) is 5.11. The minimum absolute atomic E-state index is 0.662. The lowest BCUT2D eigenvalue weighted by Crippen LogP contribution is -2.15. The molecule has 0 aromatic carbocycles. The summed E-state index contributed by atoms with van der Waals surface area (Å²) in [7, 11) is 0. The van der Waals surface area contributed by atoms with Gasteiger partial charge in [-0.1, -0.05) is 0 Å². The molecule has 0 bridgehead atoms. The molecule has 3 nitrogen and oxygen atoms in total. The summed E-state index contributed by atoms with van der Waals surface area (Å²) in [6, 6.07) is 3.89. The summed E-state index contributed by atoms with van der Waals surface area (Å²) in [6.45, 7) is 4.99. The normalized spacial score (nSPS) is 21.1. The lowest BCUT2D eigenvalue weighted by atomic mass is 10.1. The van der Waals surface area contributed by atoms with Crippen molar-refractivity contribution in [1.29, 1.82) is 0 Å². The van der Waals surface area contributed by atoms with Crippen molar-refractivity contribution in [2.45, 2.75) is 13.3 Å². The summed E-state index contributed by atoms with van der Waals surface area (Å²) >= 11 is 0. The van der Waals surface area contributed by atoms with E-state index in [-0.39, 0.29) is 0 Å². The van der Waals surface area contributed by atoms with Gasteiger partial charge in [0, 0.05) is 18.7 Å². The fourth-order valence-electron chi connectivity index (χ4n) is 1.69. The Morgan fingerprint density at radius 1 is 1.64 bits per heavy atom. The second-order valence-electron chi connectivity index (χ2n) is 3.76. The molecule has 1 fully saturated rings. The van der Waals surface area contributed by atoms with Gasteiger partial charge in [-0.3, -0.25) is 4.98 Å². The molecule has 1 N–H and O–H groups in total. The highest BCUT2D eigenvalue weighted by molar-refractivity contribution is 5.25. The number of pyridine rings is 1. The van der Waals surface area contributed by atoms with E-state index in [1.54, 1.807) is 6.20 Å². The molecule has 2 heterocycles. The molecule has 76 valence electrons. The third-order valence-corrected chi connectivity index (χ3v) is 2.60. The van der Waals surface area contributed by atoms with Crippen molar-refractivity contribution in [3.63, 3.8) is 0 Å². The predicted molar refractivity (Wildman–Crippen MR) is 55.4 cm³/mol. The SMILES string of the molecule is Cc1ncccc1OC[C@@H]1CCNC1. The van der Waals surface area contributed by atoms with Crippen LogP contribution in [0.3, 0.4) is 0 Å². The summed E-state index contributed by atoms with van der Waals surface area (Å²) < 4.78 is 5.72. The summed E-state index contributed by atoms with van der Waals surface area (Å²) in [5.41, 5.74) is 0.971. The molecule has 1 saturated heterocycles. The summed E-state index contributed by atoms with van der Waals surface area (Å²) in [6.07, 6.45) is 3.01. The van der Waals surface area contributed by atoms with Crippen molar-refractivity contribution in [3.8, 4) is 5.75 Å². The highest BCUT2D eigenvalue weighted by Gasteiger charge is 2.15. The predicted octanol–water partition coefficient (Wildman–Crippen LogP) is 1.38. The first-order valence-corrected chi connectivity index (χ1v) is 5.11. The Balaban J connectivity index is 1.88. The topological polar surface area (TPSA) is 34.1 Å². The monoisotopic (exact) mass is 192 g/mol. The van der Waals surface area contributed by atoms with Crippen LogP contribution in [-0.2, 0) is 0 Å². The zero-order valence-corrected chi connectivity index (χ0v) is 8.49. The Morgan fingerprint density at radius 2 is 2.57 bits per heavy atom. The molecule has 3 heteroatoms. The van der Waals surface area contributed by atoms with Gasteiger partial charge < -0.3 is 10.1 Å². The zero-order valence-electron chi connectivity index (χ0n) is 8.49. The fraction of sp³-hybridized carbons (Fsp3) is 0.545. The van der Waals surface area contributed by atoms with E-state index in [2.05, 4.69) is 10.3 Å². The zero-order chi connectivity index (χ0) is 9.80. The van der Waals surface area contributed by atoms with Gasteiger partial charge in [-0.15, -0.1) is 0 Å². The maximum atomic E-state index is 5.72. The largest absolute Gasteiger partial charge is 0.491 e. The van der Waals surface area contributed by atoms with Crippen molar-refractivity contribution >= 4 is 0 Å². The Morgan fingerprint density at radius 3 is 3.29 bits per heavy atom. The van der Waals surface area contributed by atoms with Crippen LogP contribution in [0.2, 0.25) is 0 Å². The molecule has 0 spiro atoms. The van der Waals surface area contributed by atoms with Crippen LogP contribution in [0.25, 0.3) is 0 Å². The van der Waals surface area contributed by atoms with Gasteiger partial charge in [-0.25, -0.2) is 0 Å². The molecule has 1 aliphatic rings. The number of rotatable bonds is 3. The highest BCUT2D eigenvalue weighted by Crippen LogP contribution is 2.16. The van der Waals surface area contributed by atoms with E-state index in [9.17, 15) is 0 Å². The lowest BCUT2D eigenvalue weighted by molar-refractivity contribution is 0.257. The quantitative estimate of drug-likeness (QED) is 0.785. The number of nitrogens with one attached hydrogen (secondary N) is 1. The highest BCUT2D eigenvalue weighted by atomic mass is 16.5. The number of hydrogen-bond acceptors (Lipinski definition) is 3. The van der Waals surface area contributed by atoms with Gasteiger partial charge in [-0.05, 0) is 32.0 Å². The molecule has 0 amide bonds. The standard InChI is InChI=1S/C11H16N2O/c1-9-11(3-2-5-13-9)14-8-10-4-6-12-7-10/h2-3,5,10,12H,4,6-8H2,1H3/t10-/m1/s1. The van der Waals surface area contributed by atoms with Crippen LogP contribution in [0.15, 0.2) is 18.3 Å². The van der Waals surface area contributed by atoms with Gasteiger partial charge in [0.05, 0.1) is 12.3 Å². The first-order chi connectivity index (χ1) is 6.86. The van der Waals surface area contributed by atoms with E-state index < -0.39 is 0 Å². The summed E-state index contributed by atoms with van der Waals surface area (Å²) in [4.78, 5) is 4.18. The molecule has 2 rings (SSSR count). The number of nitrogens with zero attached hydrogens (tertiary/aromatic N) is 1. The number of ether oxygens (including phenoxy) is 1. The Kier molecular flexibility index (Phi) is 2.99. The van der Waals surface area contributed by atoms with Gasteiger partial charge >= 0.3 is 0 Å². The minimum Gasteiger partial charge on any atom is -0.491 e. The van der Waals surface area contributed by atoms with Gasteiger partial charge in [0.1, 0.15) is 5.75 Å². The smallest absolute Gasteiger partial charge is 0.140 e. The van der Waals surface area contributed by atoms with E-state index in [0.29, 0.717) is 5.92 Å². The second-order valence-corrected chi connectivity index (χ2v) is 3.76. The second kappa shape index (κ2) is 4.42. The Hall–Kier alpha value is -1.09. The molecule has 1 aromatic heterocycles. The average Bonchev–Trinajstić information content (AvgIpc) is 2.69. The summed E-state index contributed by atoms with van der Waals surface area (Å²) in [5, 5.41) is 3.33. The van der Waals surface area contributed by atoms with Crippen molar-refractivity contribution in [2.24, 2.45) is 5.92 Å². The van der Waals surface area contributed by atoms with Crippen LogP contribution in [0.1, 0.15) is 12.1 Å². The van der Waals surface area contributed by atoms with Crippen molar-refractivity contribution in [3.05, 3.63) is 24.0 Å². The number of hydrogen-bond donors (Lipinski definition) is 1.